The number of ether oxygens (including phenoxy) is 3. The molecule has 0 atom stereocenters. The second-order valence-electron chi connectivity index (χ2n) is 8.52. The van der Waals surface area contributed by atoms with E-state index in [0.717, 1.165) is 0 Å². The maximum atomic E-state index is 12.8. The standard InChI is InChI=1S/C24H27N9O9S3/c1-40-16-4-10-19(11-5-16)43(34,35)31-28-22-25-23(29-32-44(36,37)20-12-6-17(41-2)7-13-20)27-24(26-22)30-33-45(38,39)21-14-8-18(42-3)9-15-21/h4-15,31-33H,1-3H3,(H3,25,26,27,28,29,30). The van der Waals surface area contributed by atoms with Crippen molar-refractivity contribution in [1.29, 1.82) is 0 Å². The maximum Gasteiger partial charge on any atom is 0.257 e. The molecule has 4 aromatic rings. The highest BCUT2D eigenvalue weighted by Gasteiger charge is 2.19. The Morgan fingerprint density at radius 2 is 0.644 bits per heavy atom. The molecule has 3 aromatic carbocycles. The van der Waals surface area contributed by atoms with Crippen LogP contribution in [0.25, 0.3) is 0 Å². The molecule has 0 unspecified atom stereocenters. The fourth-order valence-electron chi connectivity index (χ4n) is 3.32. The van der Waals surface area contributed by atoms with E-state index in [1.165, 1.54) is 94.1 Å². The minimum absolute atomic E-state index is 0.138. The molecule has 1 heterocycles. The third-order valence-electron chi connectivity index (χ3n) is 5.64. The molecule has 21 heteroatoms. The van der Waals surface area contributed by atoms with E-state index in [9.17, 15) is 25.3 Å². The molecule has 4 rings (SSSR count). The highest BCUT2D eigenvalue weighted by atomic mass is 32.2. The molecule has 18 nitrogen and oxygen atoms in total. The van der Waals surface area contributed by atoms with Crippen LogP contribution in [0.4, 0.5) is 17.8 Å². The van der Waals surface area contributed by atoms with Gasteiger partial charge in [0, 0.05) is 0 Å². The van der Waals surface area contributed by atoms with Gasteiger partial charge in [-0.2, -0.15) is 15.0 Å². The van der Waals surface area contributed by atoms with Crippen LogP contribution in [0.2, 0.25) is 0 Å². The first-order valence-electron chi connectivity index (χ1n) is 12.4. The summed E-state index contributed by atoms with van der Waals surface area (Å²) in [6.45, 7) is 0. The van der Waals surface area contributed by atoms with E-state index < -0.39 is 47.9 Å². The van der Waals surface area contributed by atoms with E-state index in [4.69, 9.17) is 14.2 Å². The van der Waals surface area contributed by atoms with E-state index in [0.29, 0.717) is 17.2 Å². The van der Waals surface area contributed by atoms with Crippen molar-refractivity contribution < 1.29 is 39.5 Å². The van der Waals surface area contributed by atoms with Gasteiger partial charge in [-0.15, -0.1) is 14.5 Å². The van der Waals surface area contributed by atoms with E-state index >= 15 is 0 Å². The van der Waals surface area contributed by atoms with E-state index in [1.54, 1.807) is 0 Å². The first-order valence-corrected chi connectivity index (χ1v) is 16.8. The Labute approximate surface area is 258 Å². The minimum Gasteiger partial charge on any atom is -0.497 e. The predicted octanol–water partition coefficient (Wildman–Crippen LogP) is 0.814. The number of nitrogens with one attached hydrogen (secondary N) is 6. The predicted molar refractivity (Wildman–Crippen MR) is 161 cm³/mol. The van der Waals surface area contributed by atoms with Crippen molar-refractivity contribution in [3.05, 3.63) is 72.8 Å². The number of nitrogens with zero attached hydrogens (tertiary/aromatic N) is 3. The molecule has 0 radical (unpaired) electrons. The van der Waals surface area contributed by atoms with Crippen molar-refractivity contribution in [2.45, 2.75) is 14.7 Å². The summed E-state index contributed by atoms with van der Waals surface area (Å²) in [6, 6.07) is 16.4. The molecule has 0 aliphatic heterocycles. The number of anilines is 3. The molecule has 0 spiro atoms. The van der Waals surface area contributed by atoms with Gasteiger partial charge in [-0.05, 0) is 72.8 Å². The average molecular weight is 682 g/mol. The number of aromatic nitrogens is 3. The third kappa shape index (κ3) is 8.65. The lowest BCUT2D eigenvalue weighted by Crippen LogP contribution is -2.34. The third-order valence-corrected chi connectivity index (χ3v) is 9.43. The Hall–Kier alpha value is -4.80. The molecule has 0 saturated heterocycles. The molecule has 0 fully saturated rings. The van der Waals surface area contributed by atoms with Crippen LogP contribution >= 0.6 is 0 Å². The zero-order valence-electron chi connectivity index (χ0n) is 23.7. The van der Waals surface area contributed by atoms with Crippen molar-refractivity contribution >= 4 is 47.9 Å². The first-order chi connectivity index (χ1) is 21.3. The zero-order valence-corrected chi connectivity index (χ0v) is 26.1. The summed E-state index contributed by atoms with van der Waals surface area (Å²) >= 11 is 0. The van der Waals surface area contributed by atoms with Gasteiger partial charge in [0.05, 0.1) is 36.0 Å². The molecular weight excluding hydrogens is 655 g/mol. The molecule has 0 saturated carbocycles. The molecule has 0 bridgehead atoms. The summed E-state index contributed by atoms with van der Waals surface area (Å²) in [5.41, 5.74) is 6.85. The molecule has 45 heavy (non-hydrogen) atoms. The van der Waals surface area contributed by atoms with Crippen molar-refractivity contribution in [2.75, 3.05) is 37.6 Å². The molecule has 240 valence electrons. The van der Waals surface area contributed by atoms with E-state index in [-0.39, 0.29) is 14.7 Å². The fourth-order valence-corrected chi connectivity index (χ4v) is 5.84. The lowest BCUT2D eigenvalue weighted by atomic mass is 10.3. The molecule has 0 amide bonds. The summed E-state index contributed by atoms with van der Waals surface area (Å²) in [5.74, 6) is -0.0851. The molecule has 6 N–H and O–H groups in total. The van der Waals surface area contributed by atoms with Gasteiger partial charge in [-0.1, -0.05) is 0 Å². The number of sulfonamides is 3. The van der Waals surface area contributed by atoms with Crippen LogP contribution in [0, 0.1) is 0 Å². The summed E-state index contributed by atoms with van der Waals surface area (Å²) in [7, 11) is -8.22. The number of benzene rings is 3. The van der Waals surface area contributed by atoms with Gasteiger partial charge in [-0.25, -0.2) is 25.3 Å². The maximum absolute atomic E-state index is 12.8. The number of hydrogen-bond acceptors (Lipinski definition) is 15. The lowest BCUT2D eigenvalue weighted by Gasteiger charge is -2.14. The molecule has 0 aliphatic rings. The smallest absolute Gasteiger partial charge is 0.257 e. The number of methoxy groups -OCH3 is 3. The Kier molecular flexibility index (Phi) is 10.2. The van der Waals surface area contributed by atoms with Crippen molar-refractivity contribution in [3.8, 4) is 17.2 Å². The number of hydrazine groups is 3. The largest absolute Gasteiger partial charge is 0.497 e. The zero-order chi connectivity index (χ0) is 32.7. The number of hydrogen-bond donors (Lipinski definition) is 6. The van der Waals surface area contributed by atoms with Crippen LogP contribution in [0.1, 0.15) is 0 Å². The Bertz CT molecular complexity index is 1700. The van der Waals surface area contributed by atoms with Crippen LogP contribution < -0.4 is 45.0 Å². The Balaban J connectivity index is 1.56. The average Bonchev–Trinajstić information content (AvgIpc) is 3.05. The normalized spacial score (nSPS) is 11.8. The second-order valence-corrected chi connectivity index (χ2v) is 13.6. The van der Waals surface area contributed by atoms with Crippen LogP contribution in [0.3, 0.4) is 0 Å². The van der Waals surface area contributed by atoms with Gasteiger partial charge in [0.25, 0.3) is 30.1 Å². The summed E-state index contributed by atoms with van der Waals surface area (Å²) in [5, 5.41) is 0. The van der Waals surface area contributed by atoms with Crippen LogP contribution in [0.5, 0.6) is 17.2 Å². The Morgan fingerprint density at radius 3 is 0.844 bits per heavy atom. The van der Waals surface area contributed by atoms with Gasteiger partial charge in [0.2, 0.25) is 17.8 Å². The van der Waals surface area contributed by atoms with Gasteiger partial charge in [-0.3, -0.25) is 16.3 Å². The van der Waals surface area contributed by atoms with Crippen molar-refractivity contribution in [2.24, 2.45) is 0 Å². The monoisotopic (exact) mass is 681 g/mol. The SMILES string of the molecule is COc1ccc(S(=O)(=O)NNc2nc(NNS(=O)(=O)c3ccc(OC)cc3)nc(NNS(=O)(=O)c3ccc(OC)cc3)n2)cc1. The fraction of sp³-hybridized carbons (Fsp3) is 0.125. The van der Waals surface area contributed by atoms with E-state index in [2.05, 4.69) is 45.7 Å². The summed E-state index contributed by atoms with van der Waals surface area (Å²) < 4.78 is 91.7. The lowest BCUT2D eigenvalue weighted by molar-refractivity contribution is 0.414. The second kappa shape index (κ2) is 13.9. The molecule has 1 aromatic heterocycles. The van der Waals surface area contributed by atoms with Crippen molar-refractivity contribution in [3.63, 3.8) is 0 Å². The van der Waals surface area contributed by atoms with Gasteiger partial charge < -0.3 is 14.2 Å². The summed E-state index contributed by atoms with van der Waals surface area (Å²) in [4.78, 5) is 17.6. The quantitative estimate of drug-likeness (QED) is 0.0952. The van der Waals surface area contributed by atoms with Crippen molar-refractivity contribution in [1.82, 2.24) is 29.4 Å². The topological polar surface area (TPSA) is 241 Å². The minimum atomic E-state index is -4.17. The van der Waals surface area contributed by atoms with Gasteiger partial charge in [0.15, 0.2) is 0 Å². The first kappa shape index (κ1) is 33.1. The molecular formula is C24H27N9O9S3. The Morgan fingerprint density at radius 1 is 0.422 bits per heavy atom. The van der Waals surface area contributed by atoms with E-state index in [1.807, 2.05) is 0 Å². The summed E-state index contributed by atoms with van der Waals surface area (Å²) in [6.07, 6.45) is 0. The number of rotatable bonds is 15. The molecule has 0 aliphatic carbocycles. The van der Waals surface area contributed by atoms with Gasteiger partial charge in [0.1, 0.15) is 17.2 Å². The van der Waals surface area contributed by atoms with Crippen LogP contribution in [0.15, 0.2) is 87.5 Å². The highest BCUT2D eigenvalue weighted by molar-refractivity contribution is 7.90. The van der Waals surface area contributed by atoms with Crippen LogP contribution in [-0.2, 0) is 30.1 Å². The van der Waals surface area contributed by atoms with Gasteiger partial charge >= 0.3 is 0 Å². The highest BCUT2D eigenvalue weighted by Crippen LogP contribution is 2.18. The van der Waals surface area contributed by atoms with Crippen LogP contribution in [-0.4, -0.2) is 61.5 Å².